The number of ether oxygens (including phenoxy) is 2. The topological polar surface area (TPSA) is 64.7 Å². The average Bonchev–Trinajstić information content (AvgIpc) is 3.12. The molecule has 0 saturated heterocycles. The summed E-state index contributed by atoms with van der Waals surface area (Å²) in [6, 6.07) is 6.09. The van der Waals surface area contributed by atoms with Crippen molar-refractivity contribution in [1.29, 1.82) is 0 Å². The molecule has 19 heavy (non-hydrogen) atoms. The van der Waals surface area contributed by atoms with E-state index in [0.29, 0.717) is 19.8 Å². The first-order valence-corrected chi connectivity index (χ1v) is 6.86. The van der Waals surface area contributed by atoms with Crippen molar-refractivity contribution in [3.8, 4) is 11.5 Å². The van der Waals surface area contributed by atoms with E-state index in [1.807, 2.05) is 12.1 Å². The minimum atomic E-state index is -0.174. The number of benzene rings is 1. The molecule has 1 aromatic carbocycles. The first-order chi connectivity index (χ1) is 9.15. The van der Waals surface area contributed by atoms with E-state index in [0.717, 1.165) is 24.3 Å². The Hall–Kier alpha value is -1.26. The largest absolute Gasteiger partial charge is 0.490 e. The molecular formula is C15H21NO3. The molecule has 2 aliphatic rings. The first kappa shape index (κ1) is 12.8. The molecule has 0 radical (unpaired) electrons. The number of rotatable bonds is 3. The molecule has 0 bridgehead atoms. The van der Waals surface area contributed by atoms with Gasteiger partial charge >= 0.3 is 0 Å². The van der Waals surface area contributed by atoms with Crippen LogP contribution in [0.25, 0.3) is 0 Å². The zero-order valence-electron chi connectivity index (χ0n) is 11.3. The lowest BCUT2D eigenvalue weighted by Crippen LogP contribution is -2.27. The summed E-state index contributed by atoms with van der Waals surface area (Å²) in [5, 5.41) is 9.60. The van der Waals surface area contributed by atoms with Gasteiger partial charge in [0.05, 0.1) is 19.8 Å². The minimum absolute atomic E-state index is 0.0544. The summed E-state index contributed by atoms with van der Waals surface area (Å²) in [5.41, 5.74) is 6.79. The van der Waals surface area contributed by atoms with Crippen molar-refractivity contribution >= 4 is 0 Å². The number of nitrogens with two attached hydrogens (primary N) is 1. The lowest BCUT2D eigenvalue weighted by atomic mass is 9.88. The second-order valence-corrected chi connectivity index (χ2v) is 5.86. The van der Waals surface area contributed by atoms with E-state index in [1.54, 1.807) is 0 Å². The highest BCUT2D eigenvalue weighted by atomic mass is 16.5. The van der Waals surface area contributed by atoms with Crippen molar-refractivity contribution in [2.45, 2.75) is 25.2 Å². The van der Waals surface area contributed by atoms with Crippen LogP contribution < -0.4 is 15.2 Å². The van der Waals surface area contributed by atoms with Crippen molar-refractivity contribution in [2.24, 2.45) is 11.1 Å². The second-order valence-electron chi connectivity index (χ2n) is 5.86. The van der Waals surface area contributed by atoms with Crippen LogP contribution in [-0.2, 0) is 5.41 Å². The van der Waals surface area contributed by atoms with E-state index in [2.05, 4.69) is 13.0 Å². The molecular weight excluding hydrogens is 242 g/mol. The summed E-state index contributed by atoms with van der Waals surface area (Å²) in [4.78, 5) is 0. The van der Waals surface area contributed by atoms with Crippen LogP contribution in [0.15, 0.2) is 18.2 Å². The van der Waals surface area contributed by atoms with Gasteiger partial charge in [-0.3, -0.25) is 0 Å². The first-order valence-electron chi connectivity index (χ1n) is 6.86. The normalized spacial score (nSPS) is 32.8. The van der Waals surface area contributed by atoms with Gasteiger partial charge in [-0.25, -0.2) is 0 Å². The van der Waals surface area contributed by atoms with Crippen LogP contribution in [0.3, 0.4) is 0 Å². The van der Waals surface area contributed by atoms with Crippen LogP contribution in [-0.4, -0.2) is 31.5 Å². The third-order valence-electron chi connectivity index (χ3n) is 4.82. The monoisotopic (exact) mass is 263 g/mol. The molecule has 1 saturated carbocycles. The molecule has 2 atom stereocenters. The lowest BCUT2D eigenvalue weighted by Gasteiger charge is -2.21. The highest BCUT2D eigenvalue weighted by Crippen LogP contribution is 2.64. The third-order valence-corrected chi connectivity index (χ3v) is 4.82. The molecule has 0 spiro atoms. The van der Waals surface area contributed by atoms with Crippen molar-refractivity contribution < 1.29 is 14.6 Å². The second kappa shape index (κ2) is 4.39. The summed E-state index contributed by atoms with van der Waals surface area (Å²) in [7, 11) is 0. The van der Waals surface area contributed by atoms with E-state index < -0.39 is 0 Å². The number of aliphatic hydroxyl groups is 1. The van der Waals surface area contributed by atoms with Crippen LogP contribution in [0, 0.1) is 5.41 Å². The Morgan fingerprint density at radius 2 is 2.00 bits per heavy atom. The van der Waals surface area contributed by atoms with E-state index in [1.165, 1.54) is 5.56 Å². The molecule has 1 fully saturated rings. The molecule has 1 aliphatic carbocycles. The summed E-state index contributed by atoms with van der Waals surface area (Å²) in [6.45, 7) is 4.19. The number of hydrogen-bond acceptors (Lipinski definition) is 4. The predicted molar refractivity (Wildman–Crippen MR) is 72.6 cm³/mol. The van der Waals surface area contributed by atoms with Crippen molar-refractivity contribution in [3.63, 3.8) is 0 Å². The van der Waals surface area contributed by atoms with Crippen LogP contribution in [0.4, 0.5) is 0 Å². The summed E-state index contributed by atoms with van der Waals surface area (Å²) >= 11 is 0. The maximum Gasteiger partial charge on any atom is 0.161 e. The summed E-state index contributed by atoms with van der Waals surface area (Å²) in [5.74, 6) is 1.62. The molecule has 1 heterocycles. The van der Waals surface area contributed by atoms with Crippen LogP contribution in [0.5, 0.6) is 11.5 Å². The average molecular weight is 263 g/mol. The van der Waals surface area contributed by atoms with Gasteiger partial charge in [0.1, 0.15) is 0 Å². The lowest BCUT2D eigenvalue weighted by molar-refractivity contribution is 0.198. The third kappa shape index (κ3) is 1.82. The van der Waals surface area contributed by atoms with Gasteiger partial charge in [-0.15, -0.1) is 0 Å². The van der Waals surface area contributed by atoms with E-state index in [9.17, 15) is 5.11 Å². The Labute approximate surface area is 113 Å². The Morgan fingerprint density at radius 3 is 2.63 bits per heavy atom. The molecule has 3 rings (SSSR count). The zero-order valence-corrected chi connectivity index (χ0v) is 11.3. The Morgan fingerprint density at radius 1 is 1.26 bits per heavy atom. The molecule has 1 aromatic rings. The van der Waals surface area contributed by atoms with E-state index >= 15 is 0 Å². The Kier molecular flexibility index (Phi) is 2.95. The molecule has 3 N–H and O–H groups in total. The Bertz CT molecular complexity index is 484. The maximum atomic E-state index is 9.60. The standard InChI is InChI=1S/C15H21NO3/c1-14(8-15(14,9-16)10-17)11-3-4-12-13(7-11)19-6-2-5-18-12/h3-4,7,17H,2,5-6,8-10,16H2,1H3. The molecule has 104 valence electrons. The van der Waals surface area contributed by atoms with Gasteiger partial charge in [-0.05, 0) is 24.1 Å². The smallest absolute Gasteiger partial charge is 0.161 e. The molecule has 1 aliphatic heterocycles. The summed E-state index contributed by atoms with van der Waals surface area (Å²) < 4.78 is 11.4. The van der Waals surface area contributed by atoms with Crippen LogP contribution in [0.2, 0.25) is 0 Å². The maximum absolute atomic E-state index is 9.60. The molecule has 2 unspecified atom stereocenters. The zero-order chi connectivity index (χ0) is 13.5. The van der Waals surface area contributed by atoms with E-state index in [4.69, 9.17) is 15.2 Å². The fourth-order valence-corrected chi connectivity index (χ4v) is 3.14. The van der Waals surface area contributed by atoms with Gasteiger partial charge in [0, 0.05) is 23.8 Å². The predicted octanol–water partition coefficient (Wildman–Crippen LogP) is 1.45. The van der Waals surface area contributed by atoms with Gasteiger partial charge in [0.2, 0.25) is 0 Å². The minimum Gasteiger partial charge on any atom is -0.490 e. The van der Waals surface area contributed by atoms with Gasteiger partial charge in [-0.2, -0.15) is 0 Å². The quantitative estimate of drug-likeness (QED) is 0.866. The molecule has 0 amide bonds. The van der Waals surface area contributed by atoms with Gasteiger partial charge in [-0.1, -0.05) is 13.0 Å². The number of aliphatic hydroxyl groups excluding tert-OH is 1. The summed E-state index contributed by atoms with van der Waals surface area (Å²) in [6.07, 6.45) is 1.83. The van der Waals surface area contributed by atoms with Crippen molar-refractivity contribution in [3.05, 3.63) is 23.8 Å². The molecule has 0 aromatic heterocycles. The van der Waals surface area contributed by atoms with Crippen molar-refractivity contribution in [1.82, 2.24) is 0 Å². The number of hydrogen-bond donors (Lipinski definition) is 2. The fourth-order valence-electron chi connectivity index (χ4n) is 3.14. The molecule has 4 heteroatoms. The highest BCUT2D eigenvalue weighted by Gasteiger charge is 2.63. The van der Waals surface area contributed by atoms with Gasteiger partial charge < -0.3 is 20.3 Å². The highest BCUT2D eigenvalue weighted by molar-refractivity contribution is 5.49. The van der Waals surface area contributed by atoms with Crippen LogP contribution in [0.1, 0.15) is 25.3 Å². The van der Waals surface area contributed by atoms with Crippen molar-refractivity contribution in [2.75, 3.05) is 26.4 Å². The SMILES string of the molecule is CC1(c2ccc3c(c2)OCCCO3)CC1(CN)CO. The van der Waals surface area contributed by atoms with E-state index in [-0.39, 0.29) is 17.4 Å². The molecule has 4 nitrogen and oxygen atoms in total. The van der Waals surface area contributed by atoms with Gasteiger partial charge in [0.25, 0.3) is 0 Å². The van der Waals surface area contributed by atoms with Gasteiger partial charge in [0.15, 0.2) is 11.5 Å². The Balaban J connectivity index is 1.93. The van der Waals surface area contributed by atoms with Crippen LogP contribution >= 0.6 is 0 Å². The fraction of sp³-hybridized carbons (Fsp3) is 0.600. The number of fused-ring (bicyclic) bond motifs is 1.